The van der Waals surface area contributed by atoms with Crippen LogP contribution in [0.15, 0.2) is 24.3 Å². The van der Waals surface area contributed by atoms with Crippen molar-refractivity contribution in [2.45, 2.75) is 45.1 Å². The first kappa shape index (κ1) is 14.6. The summed E-state index contributed by atoms with van der Waals surface area (Å²) in [5, 5.41) is 11.8. The molecule has 0 bridgehead atoms. The molecule has 1 saturated carbocycles. The van der Waals surface area contributed by atoms with Crippen molar-refractivity contribution in [2.24, 2.45) is 5.92 Å². The average molecular weight is 275 g/mol. The molecule has 0 heterocycles. The summed E-state index contributed by atoms with van der Waals surface area (Å²) in [5.41, 5.74) is 1.67. The Kier molecular flexibility index (Phi) is 4.42. The van der Waals surface area contributed by atoms with Crippen LogP contribution in [0.1, 0.15) is 54.9 Å². The average Bonchev–Trinajstić information content (AvgIpc) is 3.21. The van der Waals surface area contributed by atoms with E-state index in [1.165, 1.54) is 0 Å². The predicted octanol–water partition coefficient (Wildman–Crippen LogP) is 2.79. The summed E-state index contributed by atoms with van der Waals surface area (Å²) in [6.07, 6.45) is 2.68. The van der Waals surface area contributed by atoms with Crippen LogP contribution in [0.25, 0.3) is 0 Å². The molecule has 20 heavy (non-hydrogen) atoms. The van der Waals surface area contributed by atoms with Gasteiger partial charge in [-0.15, -0.1) is 0 Å². The van der Waals surface area contributed by atoms with E-state index in [0.29, 0.717) is 23.8 Å². The summed E-state index contributed by atoms with van der Waals surface area (Å²) >= 11 is 0. The fraction of sp³-hybridized carbons (Fsp3) is 0.500. The zero-order valence-corrected chi connectivity index (χ0v) is 11.9. The van der Waals surface area contributed by atoms with Crippen LogP contribution in [0.4, 0.5) is 0 Å². The second-order valence-electron chi connectivity index (χ2n) is 5.82. The number of benzene rings is 1. The van der Waals surface area contributed by atoms with Crippen molar-refractivity contribution in [3.63, 3.8) is 0 Å². The third-order valence-electron chi connectivity index (χ3n) is 3.71. The molecule has 1 aromatic carbocycles. The fourth-order valence-corrected chi connectivity index (χ4v) is 2.17. The number of aliphatic carboxylic acids is 1. The molecule has 1 unspecified atom stereocenters. The molecule has 0 radical (unpaired) electrons. The highest BCUT2D eigenvalue weighted by atomic mass is 16.4. The fourth-order valence-electron chi connectivity index (χ4n) is 2.17. The highest BCUT2D eigenvalue weighted by molar-refractivity contribution is 5.96. The SMILES string of the molecule is CC(C)c1ccc(C(=O)NC(CC2CC2)C(=O)O)cc1. The standard InChI is InChI=1S/C16H21NO3/c1-10(2)12-5-7-13(8-6-12)15(18)17-14(16(19)20)9-11-3-4-11/h5-8,10-11,14H,3-4,9H2,1-2H3,(H,17,18)(H,19,20). The quantitative estimate of drug-likeness (QED) is 0.839. The Morgan fingerprint density at radius 1 is 1.25 bits per heavy atom. The Balaban J connectivity index is 2.00. The molecule has 4 heteroatoms. The van der Waals surface area contributed by atoms with Gasteiger partial charge in [0.05, 0.1) is 0 Å². The minimum Gasteiger partial charge on any atom is -0.480 e. The molecule has 0 aromatic heterocycles. The molecule has 1 aromatic rings. The maximum absolute atomic E-state index is 12.1. The van der Waals surface area contributed by atoms with Gasteiger partial charge < -0.3 is 10.4 Å². The van der Waals surface area contributed by atoms with Crippen LogP contribution in [0.2, 0.25) is 0 Å². The number of nitrogens with one attached hydrogen (secondary N) is 1. The summed E-state index contributed by atoms with van der Waals surface area (Å²) < 4.78 is 0. The Hall–Kier alpha value is -1.84. The summed E-state index contributed by atoms with van der Waals surface area (Å²) in [5.74, 6) is -0.397. The highest BCUT2D eigenvalue weighted by Crippen LogP contribution is 2.33. The van der Waals surface area contributed by atoms with Crippen molar-refractivity contribution in [3.05, 3.63) is 35.4 Å². The first-order valence-corrected chi connectivity index (χ1v) is 7.11. The van der Waals surface area contributed by atoms with Crippen LogP contribution in [0.3, 0.4) is 0 Å². The number of hydrogen-bond acceptors (Lipinski definition) is 2. The van der Waals surface area contributed by atoms with E-state index >= 15 is 0 Å². The smallest absolute Gasteiger partial charge is 0.326 e. The first-order chi connectivity index (χ1) is 9.47. The van der Waals surface area contributed by atoms with Crippen molar-refractivity contribution in [3.8, 4) is 0 Å². The maximum Gasteiger partial charge on any atom is 0.326 e. The minimum atomic E-state index is -0.955. The predicted molar refractivity (Wildman–Crippen MR) is 76.8 cm³/mol. The summed E-state index contributed by atoms with van der Waals surface area (Å²) in [6, 6.07) is 6.55. The van der Waals surface area contributed by atoms with Gasteiger partial charge in [-0.25, -0.2) is 4.79 Å². The number of carboxylic acids is 1. The molecule has 108 valence electrons. The van der Waals surface area contributed by atoms with Crippen molar-refractivity contribution >= 4 is 11.9 Å². The number of hydrogen-bond donors (Lipinski definition) is 2. The van der Waals surface area contributed by atoms with E-state index < -0.39 is 12.0 Å². The van der Waals surface area contributed by atoms with E-state index in [1.54, 1.807) is 12.1 Å². The summed E-state index contributed by atoms with van der Waals surface area (Å²) in [7, 11) is 0. The van der Waals surface area contributed by atoms with Crippen LogP contribution >= 0.6 is 0 Å². The molecule has 0 aliphatic heterocycles. The lowest BCUT2D eigenvalue weighted by atomic mass is 10.0. The van der Waals surface area contributed by atoms with Crippen LogP contribution < -0.4 is 5.32 Å². The van der Waals surface area contributed by atoms with Crippen LogP contribution in [-0.4, -0.2) is 23.0 Å². The van der Waals surface area contributed by atoms with Crippen molar-refractivity contribution in [2.75, 3.05) is 0 Å². The molecule has 2 rings (SSSR count). The molecule has 1 atom stereocenters. The number of rotatable bonds is 6. The molecule has 4 nitrogen and oxygen atoms in total. The summed E-state index contributed by atoms with van der Waals surface area (Å²) in [6.45, 7) is 4.18. The van der Waals surface area contributed by atoms with Crippen molar-refractivity contribution in [1.82, 2.24) is 5.32 Å². The van der Waals surface area contributed by atoms with Gasteiger partial charge in [-0.05, 0) is 36.0 Å². The lowest BCUT2D eigenvalue weighted by Gasteiger charge is -2.14. The zero-order valence-electron chi connectivity index (χ0n) is 11.9. The number of carboxylic acid groups (broad SMARTS) is 1. The Bertz CT molecular complexity index is 489. The molecule has 0 spiro atoms. The largest absolute Gasteiger partial charge is 0.480 e. The van der Waals surface area contributed by atoms with Gasteiger partial charge in [-0.1, -0.05) is 38.8 Å². The Morgan fingerprint density at radius 3 is 2.30 bits per heavy atom. The van der Waals surface area contributed by atoms with E-state index in [0.717, 1.165) is 18.4 Å². The molecular formula is C16H21NO3. The monoisotopic (exact) mass is 275 g/mol. The van der Waals surface area contributed by atoms with E-state index in [1.807, 2.05) is 12.1 Å². The van der Waals surface area contributed by atoms with E-state index in [-0.39, 0.29) is 5.91 Å². The van der Waals surface area contributed by atoms with Gasteiger partial charge in [0.15, 0.2) is 0 Å². The number of amides is 1. The molecule has 1 fully saturated rings. The lowest BCUT2D eigenvalue weighted by molar-refractivity contribution is -0.139. The van der Waals surface area contributed by atoms with Gasteiger partial charge in [0.2, 0.25) is 0 Å². The van der Waals surface area contributed by atoms with Gasteiger partial charge >= 0.3 is 5.97 Å². The molecule has 0 saturated heterocycles. The van der Waals surface area contributed by atoms with Gasteiger partial charge in [-0.3, -0.25) is 4.79 Å². The normalized spacial score (nSPS) is 15.9. The highest BCUT2D eigenvalue weighted by Gasteiger charge is 2.30. The molecule has 1 aliphatic carbocycles. The van der Waals surface area contributed by atoms with E-state index in [2.05, 4.69) is 19.2 Å². The molecule has 1 aliphatic rings. The Labute approximate surface area is 119 Å². The van der Waals surface area contributed by atoms with Crippen LogP contribution in [0.5, 0.6) is 0 Å². The van der Waals surface area contributed by atoms with Gasteiger partial charge in [-0.2, -0.15) is 0 Å². The van der Waals surface area contributed by atoms with Crippen LogP contribution in [-0.2, 0) is 4.79 Å². The molecule has 2 N–H and O–H groups in total. The van der Waals surface area contributed by atoms with Crippen molar-refractivity contribution < 1.29 is 14.7 Å². The summed E-state index contributed by atoms with van der Waals surface area (Å²) in [4.78, 5) is 23.2. The lowest BCUT2D eigenvalue weighted by Crippen LogP contribution is -2.41. The third kappa shape index (κ3) is 3.83. The van der Waals surface area contributed by atoms with E-state index in [4.69, 9.17) is 5.11 Å². The van der Waals surface area contributed by atoms with Crippen LogP contribution in [0, 0.1) is 5.92 Å². The van der Waals surface area contributed by atoms with Gasteiger partial charge in [0.1, 0.15) is 6.04 Å². The minimum absolute atomic E-state index is 0.312. The van der Waals surface area contributed by atoms with Gasteiger partial charge in [0.25, 0.3) is 5.91 Å². The topological polar surface area (TPSA) is 66.4 Å². The number of carbonyl (C=O) groups is 2. The second-order valence-corrected chi connectivity index (χ2v) is 5.82. The number of carbonyl (C=O) groups excluding carboxylic acids is 1. The third-order valence-corrected chi connectivity index (χ3v) is 3.71. The van der Waals surface area contributed by atoms with Gasteiger partial charge in [0, 0.05) is 5.56 Å². The maximum atomic E-state index is 12.1. The zero-order chi connectivity index (χ0) is 14.7. The van der Waals surface area contributed by atoms with Crippen molar-refractivity contribution in [1.29, 1.82) is 0 Å². The first-order valence-electron chi connectivity index (χ1n) is 7.11. The molecule has 1 amide bonds. The Morgan fingerprint density at radius 2 is 1.85 bits per heavy atom. The van der Waals surface area contributed by atoms with E-state index in [9.17, 15) is 9.59 Å². The second kappa shape index (κ2) is 6.07. The molecular weight excluding hydrogens is 254 g/mol.